The summed E-state index contributed by atoms with van der Waals surface area (Å²) >= 11 is 0. The lowest BCUT2D eigenvalue weighted by molar-refractivity contribution is -0.384. The highest BCUT2D eigenvalue weighted by molar-refractivity contribution is 4.90. The van der Waals surface area contributed by atoms with Gasteiger partial charge in [0.25, 0.3) is 0 Å². The second-order valence-corrected chi connectivity index (χ2v) is 2.92. The zero-order valence-corrected chi connectivity index (χ0v) is 7.34. The largest absolute Gasteiger partial charge is 0.423 e. The molecule has 0 aliphatic heterocycles. The zero-order chi connectivity index (χ0) is 11.6. The second kappa shape index (κ2) is 3.96. The highest BCUT2D eigenvalue weighted by Gasteiger charge is 2.70. The summed E-state index contributed by atoms with van der Waals surface area (Å²) < 4.78 is 73.0. The Morgan fingerprint density at radius 1 is 1.00 bits per heavy atom. The van der Waals surface area contributed by atoms with Crippen LogP contribution < -0.4 is 0 Å². The molecule has 0 aromatic carbocycles. The molecule has 0 amide bonds. The number of hydrogen-bond donors (Lipinski definition) is 1. The summed E-state index contributed by atoms with van der Waals surface area (Å²) in [6, 6.07) is 0. The van der Waals surface area contributed by atoms with Crippen molar-refractivity contribution < 1.29 is 31.4 Å². The summed E-state index contributed by atoms with van der Waals surface area (Å²) in [5.74, 6) is -10.6. The van der Waals surface area contributed by atoms with Gasteiger partial charge in [-0.1, -0.05) is 13.3 Å². The monoisotopic (exact) mass is 224 g/mol. The number of aliphatic hydroxyl groups is 1. The van der Waals surface area contributed by atoms with Crippen molar-refractivity contribution in [3.63, 3.8) is 0 Å². The molecular formula is C7H10F6O. The number of unbranched alkanes of at least 4 members (excludes halogenated alkanes) is 1. The molecule has 0 saturated heterocycles. The molecule has 0 atom stereocenters. The van der Waals surface area contributed by atoms with Crippen molar-refractivity contribution in [2.45, 2.75) is 44.1 Å². The van der Waals surface area contributed by atoms with E-state index in [0.717, 1.165) is 0 Å². The average molecular weight is 224 g/mol. The fourth-order valence-electron chi connectivity index (χ4n) is 0.776. The van der Waals surface area contributed by atoms with E-state index in [0.29, 0.717) is 0 Å². The Labute approximate surface area is 76.7 Å². The average Bonchev–Trinajstić information content (AvgIpc) is 1.98. The van der Waals surface area contributed by atoms with Crippen LogP contribution in [0, 0.1) is 0 Å². The third-order valence-electron chi connectivity index (χ3n) is 1.68. The predicted molar refractivity (Wildman–Crippen MR) is 36.6 cm³/mol. The molecule has 86 valence electrons. The lowest BCUT2D eigenvalue weighted by Gasteiger charge is -2.29. The molecule has 0 fully saturated rings. The molecule has 0 bridgehead atoms. The molecule has 0 aromatic heterocycles. The molecular weight excluding hydrogens is 214 g/mol. The fraction of sp³-hybridized carbons (Fsp3) is 1.00. The molecule has 0 aliphatic carbocycles. The van der Waals surface area contributed by atoms with Crippen LogP contribution in [-0.4, -0.2) is 23.1 Å². The molecule has 0 saturated carbocycles. The summed E-state index contributed by atoms with van der Waals surface area (Å²) in [5, 5.41) is 7.62. The minimum absolute atomic E-state index is 0.169. The summed E-state index contributed by atoms with van der Waals surface area (Å²) in [7, 11) is 0. The maximum Gasteiger partial charge on any atom is 0.423 e. The second-order valence-electron chi connectivity index (χ2n) is 2.92. The molecule has 7 heteroatoms. The molecule has 14 heavy (non-hydrogen) atoms. The summed E-state index contributed by atoms with van der Waals surface area (Å²) in [6.45, 7) is 1.45. The summed E-state index contributed by atoms with van der Waals surface area (Å²) in [5.41, 5.74) is 0. The van der Waals surface area contributed by atoms with Crippen LogP contribution in [0.1, 0.15) is 26.2 Å². The zero-order valence-electron chi connectivity index (χ0n) is 7.34. The minimum atomic E-state index is -5.73. The van der Waals surface area contributed by atoms with E-state index < -0.39 is 24.4 Å². The van der Waals surface area contributed by atoms with Crippen LogP contribution in [0.2, 0.25) is 0 Å². The maximum absolute atomic E-state index is 12.5. The van der Waals surface area contributed by atoms with Gasteiger partial charge in [-0.25, -0.2) is 0 Å². The van der Waals surface area contributed by atoms with Crippen LogP contribution in [0.25, 0.3) is 0 Å². The standard InChI is InChI=1S/C7H10F6O/c1-2-3-4-5(8,9)6(10,11)7(12,13)14/h14H,2-4H2,1H3. The van der Waals surface area contributed by atoms with E-state index in [-0.39, 0.29) is 12.8 Å². The molecule has 0 aliphatic rings. The third-order valence-corrected chi connectivity index (χ3v) is 1.68. The lowest BCUT2D eigenvalue weighted by Crippen LogP contribution is -2.53. The van der Waals surface area contributed by atoms with E-state index in [1.54, 1.807) is 0 Å². The van der Waals surface area contributed by atoms with Crippen LogP contribution in [0.4, 0.5) is 26.3 Å². The van der Waals surface area contributed by atoms with Crippen molar-refractivity contribution in [3.8, 4) is 0 Å². The number of rotatable bonds is 5. The first kappa shape index (κ1) is 13.5. The van der Waals surface area contributed by atoms with Crippen LogP contribution in [0.15, 0.2) is 0 Å². The Bertz CT molecular complexity index is 185. The van der Waals surface area contributed by atoms with E-state index in [9.17, 15) is 26.3 Å². The fourth-order valence-corrected chi connectivity index (χ4v) is 0.776. The predicted octanol–water partition coefficient (Wildman–Crippen LogP) is 3.03. The Hall–Kier alpha value is -0.460. The van der Waals surface area contributed by atoms with Gasteiger partial charge in [-0.15, -0.1) is 0 Å². The van der Waals surface area contributed by atoms with Gasteiger partial charge in [0.1, 0.15) is 0 Å². The smallest absolute Gasteiger partial charge is 0.331 e. The number of alkyl halides is 6. The minimum Gasteiger partial charge on any atom is -0.331 e. The van der Waals surface area contributed by atoms with E-state index in [1.807, 2.05) is 0 Å². The van der Waals surface area contributed by atoms with Gasteiger partial charge in [-0.05, 0) is 6.42 Å². The highest BCUT2D eigenvalue weighted by Crippen LogP contribution is 2.46. The highest BCUT2D eigenvalue weighted by atomic mass is 19.3. The van der Waals surface area contributed by atoms with Crippen molar-refractivity contribution in [1.82, 2.24) is 0 Å². The van der Waals surface area contributed by atoms with Crippen LogP contribution in [0.3, 0.4) is 0 Å². The van der Waals surface area contributed by atoms with E-state index >= 15 is 0 Å². The van der Waals surface area contributed by atoms with Crippen molar-refractivity contribution in [2.24, 2.45) is 0 Å². The Morgan fingerprint density at radius 3 is 1.71 bits per heavy atom. The molecule has 0 unspecified atom stereocenters. The first-order valence-corrected chi connectivity index (χ1v) is 3.92. The van der Waals surface area contributed by atoms with E-state index in [4.69, 9.17) is 5.11 Å². The Balaban J connectivity index is 4.69. The van der Waals surface area contributed by atoms with Gasteiger partial charge in [-0.2, -0.15) is 26.3 Å². The molecule has 0 spiro atoms. The first-order chi connectivity index (χ1) is 6.06. The van der Waals surface area contributed by atoms with Gasteiger partial charge in [0.2, 0.25) is 0 Å². The quantitative estimate of drug-likeness (QED) is 0.711. The molecule has 0 rings (SSSR count). The Morgan fingerprint density at radius 2 is 1.43 bits per heavy atom. The van der Waals surface area contributed by atoms with Crippen LogP contribution in [-0.2, 0) is 0 Å². The van der Waals surface area contributed by atoms with Crippen molar-refractivity contribution >= 4 is 0 Å². The molecule has 0 heterocycles. The first-order valence-electron chi connectivity index (χ1n) is 3.92. The maximum atomic E-state index is 12.5. The van der Waals surface area contributed by atoms with Crippen LogP contribution >= 0.6 is 0 Å². The number of halogens is 6. The van der Waals surface area contributed by atoms with Crippen molar-refractivity contribution in [3.05, 3.63) is 0 Å². The molecule has 0 aromatic rings. The van der Waals surface area contributed by atoms with E-state index in [1.165, 1.54) is 6.92 Å². The van der Waals surface area contributed by atoms with Crippen molar-refractivity contribution in [2.75, 3.05) is 0 Å². The van der Waals surface area contributed by atoms with Gasteiger partial charge in [0, 0.05) is 6.42 Å². The van der Waals surface area contributed by atoms with E-state index in [2.05, 4.69) is 0 Å². The van der Waals surface area contributed by atoms with Gasteiger partial charge in [0.05, 0.1) is 0 Å². The third kappa shape index (κ3) is 2.52. The van der Waals surface area contributed by atoms with Gasteiger partial charge in [0.15, 0.2) is 0 Å². The summed E-state index contributed by atoms with van der Waals surface area (Å²) in [6.07, 6.45) is -7.24. The lowest BCUT2D eigenvalue weighted by atomic mass is 10.0. The molecule has 1 nitrogen and oxygen atoms in total. The van der Waals surface area contributed by atoms with Crippen molar-refractivity contribution in [1.29, 1.82) is 0 Å². The normalized spacial score (nSPS) is 14.6. The van der Waals surface area contributed by atoms with Gasteiger partial charge >= 0.3 is 18.0 Å². The number of hydrogen-bond acceptors (Lipinski definition) is 1. The molecule has 1 N–H and O–H groups in total. The van der Waals surface area contributed by atoms with Gasteiger partial charge in [-0.3, -0.25) is 0 Å². The Kier molecular flexibility index (Phi) is 3.83. The topological polar surface area (TPSA) is 20.2 Å². The van der Waals surface area contributed by atoms with Gasteiger partial charge < -0.3 is 5.11 Å². The SMILES string of the molecule is CCCCC(F)(F)C(F)(F)C(O)(F)F. The molecule has 0 radical (unpaired) electrons. The summed E-state index contributed by atoms with van der Waals surface area (Å²) in [4.78, 5) is 0. The van der Waals surface area contributed by atoms with Crippen LogP contribution in [0.5, 0.6) is 0 Å².